The number of nitrogens with one attached hydrogen (secondary N) is 1. The zero-order chi connectivity index (χ0) is 19.6. The molecular formula is C19H20N4O3S. The standard InChI is InChI=1S/C19H20N4O3S/c1-12-9-14(24)10-16(26)23(12)11-15(25)20-18-22-21-17(27-18)19(2,3)13-7-5-4-6-8-13/h4-10,24H,11H2,1-3H3,(H,20,22,25). The Balaban J connectivity index is 1.75. The van der Waals surface area contributed by atoms with Crippen molar-refractivity contribution < 1.29 is 9.90 Å². The minimum absolute atomic E-state index is 0.119. The molecule has 1 amide bonds. The van der Waals surface area contributed by atoms with Crippen molar-refractivity contribution in [1.29, 1.82) is 0 Å². The maximum absolute atomic E-state index is 12.3. The molecule has 0 spiro atoms. The first-order valence-electron chi connectivity index (χ1n) is 8.37. The summed E-state index contributed by atoms with van der Waals surface area (Å²) in [5.41, 5.74) is 0.821. The number of carbonyl (C=O) groups is 1. The van der Waals surface area contributed by atoms with Crippen molar-refractivity contribution in [3.8, 4) is 5.75 Å². The number of aromatic nitrogens is 3. The number of pyridine rings is 1. The highest BCUT2D eigenvalue weighted by Crippen LogP contribution is 2.34. The van der Waals surface area contributed by atoms with E-state index >= 15 is 0 Å². The van der Waals surface area contributed by atoms with E-state index in [1.54, 1.807) is 6.92 Å². The Kier molecular flexibility index (Phi) is 5.09. The summed E-state index contributed by atoms with van der Waals surface area (Å²) in [6.07, 6.45) is 0. The molecule has 7 nitrogen and oxygen atoms in total. The van der Waals surface area contributed by atoms with E-state index in [-0.39, 0.29) is 23.6 Å². The third-order valence-electron chi connectivity index (χ3n) is 4.32. The third-order valence-corrected chi connectivity index (χ3v) is 5.49. The van der Waals surface area contributed by atoms with Crippen molar-refractivity contribution in [2.45, 2.75) is 32.7 Å². The molecule has 0 radical (unpaired) electrons. The molecule has 0 saturated carbocycles. The van der Waals surface area contributed by atoms with E-state index in [2.05, 4.69) is 15.5 Å². The van der Waals surface area contributed by atoms with Crippen LogP contribution in [0.15, 0.2) is 47.3 Å². The molecule has 2 heterocycles. The predicted octanol–water partition coefficient (Wildman–Crippen LogP) is 2.68. The molecule has 8 heteroatoms. The number of amides is 1. The number of carbonyl (C=O) groups excluding carboxylic acids is 1. The predicted molar refractivity (Wildman–Crippen MR) is 104 cm³/mol. The van der Waals surface area contributed by atoms with Crippen molar-refractivity contribution in [3.63, 3.8) is 0 Å². The van der Waals surface area contributed by atoms with Gasteiger partial charge in [-0.2, -0.15) is 0 Å². The molecule has 1 aromatic carbocycles. The van der Waals surface area contributed by atoms with Gasteiger partial charge in [0.1, 0.15) is 17.3 Å². The molecule has 0 fully saturated rings. The van der Waals surface area contributed by atoms with Gasteiger partial charge in [0, 0.05) is 17.2 Å². The molecule has 0 aliphatic carbocycles. The number of hydrogen-bond donors (Lipinski definition) is 2. The Morgan fingerprint density at radius 1 is 1.22 bits per heavy atom. The zero-order valence-electron chi connectivity index (χ0n) is 15.3. The maximum atomic E-state index is 12.3. The largest absolute Gasteiger partial charge is 0.508 e. The number of anilines is 1. The SMILES string of the molecule is Cc1cc(O)cc(=O)n1CC(=O)Nc1nnc(C(C)(C)c2ccccc2)s1. The van der Waals surface area contributed by atoms with Gasteiger partial charge in [0.25, 0.3) is 5.56 Å². The van der Waals surface area contributed by atoms with E-state index in [0.717, 1.165) is 16.6 Å². The number of rotatable bonds is 5. The Bertz CT molecular complexity index is 1020. The highest BCUT2D eigenvalue weighted by Gasteiger charge is 2.27. The van der Waals surface area contributed by atoms with E-state index in [1.165, 1.54) is 22.0 Å². The Hall–Kier alpha value is -3.00. The summed E-state index contributed by atoms with van der Waals surface area (Å²) >= 11 is 1.30. The highest BCUT2D eigenvalue weighted by molar-refractivity contribution is 7.15. The van der Waals surface area contributed by atoms with Crippen LogP contribution in [0.2, 0.25) is 0 Å². The summed E-state index contributed by atoms with van der Waals surface area (Å²) in [4.78, 5) is 24.2. The smallest absolute Gasteiger partial charge is 0.254 e. The number of nitrogens with zero attached hydrogens (tertiary/aromatic N) is 3. The van der Waals surface area contributed by atoms with Crippen LogP contribution in [0.5, 0.6) is 5.75 Å². The van der Waals surface area contributed by atoms with Crippen LogP contribution in [0.3, 0.4) is 0 Å². The van der Waals surface area contributed by atoms with Crippen LogP contribution in [0.1, 0.15) is 30.1 Å². The van der Waals surface area contributed by atoms with Gasteiger partial charge in [-0.25, -0.2) is 0 Å². The van der Waals surface area contributed by atoms with Gasteiger partial charge in [0.05, 0.1) is 0 Å². The molecule has 0 aliphatic rings. The molecule has 0 aliphatic heterocycles. The molecule has 27 heavy (non-hydrogen) atoms. The van der Waals surface area contributed by atoms with Crippen LogP contribution in [0.4, 0.5) is 5.13 Å². The lowest BCUT2D eigenvalue weighted by Crippen LogP contribution is -2.28. The quantitative estimate of drug-likeness (QED) is 0.705. The lowest BCUT2D eigenvalue weighted by molar-refractivity contribution is -0.116. The maximum Gasteiger partial charge on any atom is 0.254 e. The van der Waals surface area contributed by atoms with Crippen LogP contribution in [-0.4, -0.2) is 25.8 Å². The topological polar surface area (TPSA) is 97.1 Å². The fourth-order valence-electron chi connectivity index (χ4n) is 2.72. The van der Waals surface area contributed by atoms with Gasteiger partial charge in [-0.15, -0.1) is 10.2 Å². The second-order valence-corrected chi connectivity index (χ2v) is 7.71. The fraction of sp³-hybridized carbons (Fsp3) is 0.263. The molecule has 0 bridgehead atoms. The van der Waals surface area contributed by atoms with Crippen LogP contribution in [0.25, 0.3) is 0 Å². The second kappa shape index (κ2) is 7.32. The van der Waals surface area contributed by atoms with Crippen molar-refractivity contribution in [2.75, 3.05) is 5.32 Å². The van der Waals surface area contributed by atoms with Gasteiger partial charge in [-0.05, 0) is 32.4 Å². The lowest BCUT2D eigenvalue weighted by Gasteiger charge is -2.21. The minimum atomic E-state index is -0.439. The third kappa shape index (κ3) is 4.06. The zero-order valence-corrected chi connectivity index (χ0v) is 16.1. The number of hydrogen-bond acceptors (Lipinski definition) is 6. The normalized spacial score (nSPS) is 11.4. The van der Waals surface area contributed by atoms with E-state index < -0.39 is 5.56 Å². The molecular weight excluding hydrogens is 364 g/mol. The van der Waals surface area contributed by atoms with Crippen LogP contribution in [0, 0.1) is 6.92 Å². The van der Waals surface area contributed by atoms with Crippen molar-refractivity contribution in [3.05, 3.63) is 69.1 Å². The van der Waals surface area contributed by atoms with Gasteiger partial charge >= 0.3 is 0 Å². The average molecular weight is 384 g/mol. The lowest BCUT2D eigenvalue weighted by atomic mass is 9.85. The fourth-order valence-corrected chi connectivity index (χ4v) is 3.61. The van der Waals surface area contributed by atoms with Gasteiger partial charge in [0.2, 0.25) is 11.0 Å². The Labute approximate surface area is 160 Å². The summed E-state index contributed by atoms with van der Waals surface area (Å²) in [7, 11) is 0. The van der Waals surface area contributed by atoms with Crippen molar-refractivity contribution in [2.24, 2.45) is 0 Å². The molecule has 0 atom stereocenters. The Morgan fingerprint density at radius 2 is 1.93 bits per heavy atom. The molecule has 140 valence electrons. The van der Waals surface area contributed by atoms with Gasteiger partial charge in [-0.1, -0.05) is 41.7 Å². The molecule has 3 rings (SSSR count). The highest BCUT2D eigenvalue weighted by atomic mass is 32.1. The molecule has 0 unspecified atom stereocenters. The van der Waals surface area contributed by atoms with Gasteiger partial charge in [-0.3, -0.25) is 14.9 Å². The summed E-state index contributed by atoms with van der Waals surface area (Å²) < 4.78 is 1.28. The Morgan fingerprint density at radius 3 is 2.59 bits per heavy atom. The minimum Gasteiger partial charge on any atom is -0.508 e. The first kappa shape index (κ1) is 18.8. The summed E-state index contributed by atoms with van der Waals surface area (Å²) in [5, 5.41) is 21.6. The number of benzene rings is 1. The summed E-state index contributed by atoms with van der Waals surface area (Å²) in [5.74, 6) is -0.503. The molecule has 2 N–H and O–H groups in total. The van der Waals surface area contributed by atoms with E-state index in [4.69, 9.17) is 0 Å². The number of aromatic hydroxyl groups is 1. The van der Waals surface area contributed by atoms with Crippen LogP contribution < -0.4 is 10.9 Å². The first-order valence-corrected chi connectivity index (χ1v) is 9.19. The van der Waals surface area contributed by atoms with E-state index in [0.29, 0.717) is 10.8 Å². The second-order valence-electron chi connectivity index (χ2n) is 6.73. The summed E-state index contributed by atoms with van der Waals surface area (Å²) in [6, 6.07) is 12.5. The average Bonchev–Trinajstić information content (AvgIpc) is 3.08. The van der Waals surface area contributed by atoms with Crippen molar-refractivity contribution >= 4 is 22.4 Å². The van der Waals surface area contributed by atoms with Crippen molar-refractivity contribution in [1.82, 2.24) is 14.8 Å². The first-order chi connectivity index (χ1) is 12.8. The van der Waals surface area contributed by atoms with Gasteiger partial charge in [0.15, 0.2) is 0 Å². The number of aryl methyl sites for hydroxylation is 1. The van der Waals surface area contributed by atoms with E-state index in [9.17, 15) is 14.7 Å². The van der Waals surface area contributed by atoms with Crippen LogP contribution >= 0.6 is 11.3 Å². The molecule has 0 saturated heterocycles. The van der Waals surface area contributed by atoms with Gasteiger partial charge < -0.3 is 9.67 Å². The van der Waals surface area contributed by atoms with E-state index in [1.807, 2.05) is 44.2 Å². The van der Waals surface area contributed by atoms with Crippen LogP contribution in [-0.2, 0) is 16.8 Å². The molecule has 3 aromatic rings. The monoisotopic (exact) mass is 384 g/mol. The molecule has 2 aromatic heterocycles. The summed E-state index contributed by atoms with van der Waals surface area (Å²) in [6.45, 7) is 5.59.